The van der Waals surface area contributed by atoms with Crippen molar-refractivity contribution in [3.8, 4) is 0 Å². The van der Waals surface area contributed by atoms with E-state index >= 15 is 0 Å². The van der Waals surface area contributed by atoms with Gasteiger partial charge in [-0.1, -0.05) is 12.1 Å². The molecule has 0 atom stereocenters. The molecule has 3 aromatic carbocycles. The maximum absolute atomic E-state index is 12.8. The van der Waals surface area contributed by atoms with Gasteiger partial charge in [0.1, 0.15) is 0 Å². The largest absolute Gasteiger partial charge is 0.416 e. The standard InChI is InChI=1S/C22H14F3N3O5S/c23-22(24,25)14-4-6-15(7-5-14)27-34(32,33)17-8-9-20-18(12-17)19(21(29)26-20)11-13-2-1-3-16(10-13)28(30)31/h1-12,27H,(H,26,29). The summed E-state index contributed by atoms with van der Waals surface area (Å²) in [6, 6.07) is 12.9. The van der Waals surface area contributed by atoms with Gasteiger partial charge in [-0.3, -0.25) is 19.6 Å². The number of halogens is 3. The third-order valence-corrected chi connectivity index (χ3v) is 6.32. The van der Waals surface area contributed by atoms with E-state index in [9.17, 15) is 36.5 Å². The number of sulfonamides is 1. The lowest BCUT2D eigenvalue weighted by Gasteiger charge is -2.11. The number of alkyl halides is 3. The van der Waals surface area contributed by atoms with Crippen LogP contribution in [0.25, 0.3) is 11.6 Å². The van der Waals surface area contributed by atoms with Crippen LogP contribution in [0.3, 0.4) is 0 Å². The number of anilines is 2. The molecule has 1 aliphatic heterocycles. The van der Waals surface area contributed by atoms with Crippen LogP contribution in [0.1, 0.15) is 16.7 Å². The Hall–Kier alpha value is -4.19. The molecule has 0 fully saturated rings. The lowest BCUT2D eigenvalue weighted by molar-refractivity contribution is -0.384. The molecule has 0 aliphatic carbocycles. The highest BCUT2D eigenvalue weighted by atomic mass is 32.2. The molecular formula is C22H14F3N3O5S. The van der Waals surface area contributed by atoms with Crippen LogP contribution in [-0.2, 0) is 21.0 Å². The zero-order valence-corrected chi connectivity index (χ0v) is 17.8. The van der Waals surface area contributed by atoms with Crippen molar-refractivity contribution in [1.29, 1.82) is 0 Å². The summed E-state index contributed by atoms with van der Waals surface area (Å²) in [4.78, 5) is 22.6. The summed E-state index contributed by atoms with van der Waals surface area (Å²) < 4.78 is 66.0. The number of non-ortho nitro benzene ring substituents is 1. The Bertz CT molecular complexity index is 1450. The molecule has 174 valence electrons. The number of amides is 1. The maximum Gasteiger partial charge on any atom is 0.416 e. The molecular weight excluding hydrogens is 475 g/mol. The van der Waals surface area contributed by atoms with Crippen LogP contribution in [0, 0.1) is 10.1 Å². The maximum atomic E-state index is 12.8. The van der Waals surface area contributed by atoms with Crippen molar-refractivity contribution >= 4 is 44.6 Å². The lowest BCUT2D eigenvalue weighted by atomic mass is 10.0. The number of carbonyl (C=O) groups excluding carboxylic acids is 1. The van der Waals surface area contributed by atoms with Crippen LogP contribution >= 0.6 is 0 Å². The van der Waals surface area contributed by atoms with Gasteiger partial charge in [-0.05, 0) is 54.1 Å². The van der Waals surface area contributed by atoms with Crippen molar-refractivity contribution < 1.29 is 31.3 Å². The van der Waals surface area contributed by atoms with Crippen molar-refractivity contribution in [2.24, 2.45) is 0 Å². The third-order valence-electron chi connectivity index (χ3n) is 4.94. The van der Waals surface area contributed by atoms with E-state index in [1.54, 1.807) is 6.07 Å². The number of fused-ring (bicyclic) bond motifs is 1. The van der Waals surface area contributed by atoms with Gasteiger partial charge in [-0.25, -0.2) is 8.42 Å². The summed E-state index contributed by atoms with van der Waals surface area (Å²) in [5.74, 6) is -0.522. The number of hydrogen-bond donors (Lipinski definition) is 2. The van der Waals surface area contributed by atoms with Gasteiger partial charge in [-0.15, -0.1) is 0 Å². The highest BCUT2D eigenvalue weighted by molar-refractivity contribution is 7.92. The molecule has 0 saturated heterocycles. The predicted octanol–water partition coefficient (Wildman–Crippen LogP) is 4.91. The summed E-state index contributed by atoms with van der Waals surface area (Å²) in [6.07, 6.45) is -3.16. The smallest absolute Gasteiger partial charge is 0.321 e. The third kappa shape index (κ3) is 4.62. The highest BCUT2D eigenvalue weighted by Crippen LogP contribution is 2.36. The number of benzene rings is 3. The van der Waals surface area contributed by atoms with Gasteiger partial charge in [0.25, 0.3) is 21.6 Å². The second-order valence-electron chi connectivity index (χ2n) is 7.25. The van der Waals surface area contributed by atoms with Crippen LogP contribution in [-0.4, -0.2) is 19.2 Å². The minimum absolute atomic E-state index is 0.0740. The quantitative estimate of drug-likeness (QED) is 0.300. The van der Waals surface area contributed by atoms with Gasteiger partial charge in [0, 0.05) is 34.6 Å². The molecule has 1 heterocycles. The van der Waals surface area contributed by atoms with E-state index in [2.05, 4.69) is 10.0 Å². The first-order chi connectivity index (χ1) is 15.9. The molecule has 0 unspecified atom stereocenters. The highest BCUT2D eigenvalue weighted by Gasteiger charge is 2.30. The predicted molar refractivity (Wildman–Crippen MR) is 118 cm³/mol. The fraction of sp³-hybridized carbons (Fsp3) is 0.0455. The van der Waals surface area contributed by atoms with Gasteiger partial charge in [0.15, 0.2) is 0 Å². The number of hydrogen-bond acceptors (Lipinski definition) is 5. The summed E-state index contributed by atoms with van der Waals surface area (Å²) in [6.45, 7) is 0. The molecule has 3 aromatic rings. The average Bonchev–Trinajstić information content (AvgIpc) is 3.08. The number of rotatable bonds is 5. The summed E-state index contributed by atoms with van der Waals surface area (Å²) >= 11 is 0. The fourth-order valence-corrected chi connectivity index (χ4v) is 4.40. The van der Waals surface area contributed by atoms with E-state index < -0.39 is 32.6 Å². The number of nitrogens with one attached hydrogen (secondary N) is 2. The molecule has 4 rings (SSSR count). The van der Waals surface area contributed by atoms with Gasteiger partial charge < -0.3 is 5.32 Å². The Morgan fingerprint density at radius 1 is 1.00 bits per heavy atom. The topological polar surface area (TPSA) is 118 Å². The van der Waals surface area contributed by atoms with Crippen LogP contribution in [0.15, 0.2) is 71.6 Å². The Morgan fingerprint density at radius 2 is 1.71 bits per heavy atom. The minimum atomic E-state index is -4.56. The average molecular weight is 489 g/mol. The number of nitrogens with zero attached hydrogens (tertiary/aromatic N) is 1. The number of nitro groups is 1. The first-order valence-corrected chi connectivity index (χ1v) is 11.0. The second-order valence-corrected chi connectivity index (χ2v) is 8.93. The second kappa shape index (κ2) is 8.30. The summed E-state index contributed by atoms with van der Waals surface area (Å²) in [7, 11) is -4.20. The number of carbonyl (C=O) groups is 1. The summed E-state index contributed by atoms with van der Waals surface area (Å²) in [5, 5.41) is 13.6. The van der Waals surface area contributed by atoms with Crippen LogP contribution < -0.4 is 10.0 Å². The first-order valence-electron chi connectivity index (χ1n) is 9.56. The molecule has 2 N–H and O–H groups in total. The van der Waals surface area contributed by atoms with Crippen molar-refractivity contribution in [3.05, 3.63) is 93.5 Å². The normalized spacial score (nSPS) is 14.6. The molecule has 1 aliphatic rings. The molecule has 0 radical (unpaired) electrons. The van der Waals surface area contributed by atoms with Gasteiger partial charge in [-0.2, -0.15) is 13.2 Å². The minimum Gasteiger partial charge on any atom is -0.321 e. The Balaban J connectivity index is 1.66. The molecule has 8 nitrogen and oxygen atoms in total. The van der Waals surface area contributed by atoms with E-state index in [0.29, 0.717) is 11.3 Å². The zero-order valence-electron chi connectivity index (χ0n) is 17.0. The number of nitro benzene ring substituents is 1. The van der Waals surface area contributed by atoms with E-state index in [1.807, 2.05) is 0 Å². The molecule has 0 saturated carbocycles. The van der Waals surface area contributed by atoms with E-state index in [1.165, 1.54) is 42.5 Å². The SMILES string of the molecule is O=C1Nc2ccc(S(=O)(=O)Nc3ccc(C(F)(F)F)cc3)cc2C1=Cc1cccc([N+](=O)[O-])c1. The Kier molecular flexibility index (Phi) is 5.61. The van der Waals surface area contributed by atoms with Crippen molar-refractivity contribution in [2.75, 3.05) is 10.0 Å². The monoisotopic (exact) mass is 489 g/mol. The van der Waals surface area contributed by atoms with Crippen molar-refractivity contribution in [3.63, 3.8) is 0 Å². The molecule has 12 heteroatoms. The Labute approximate surface area is 190 Å². The van der Waals surface area contributed by atoms with Crippen molar-refractivity contribution in [1.82, 2.24) is 0 Å². The van der Waals surface area contributed by atoms with Crippen LogP contribution in [0.4, 0.5) is 30.2 Å². The molecule has 0 spiro atoms. The van der Waals surface area contributed by atoms with E-state index in [-0.39, 0.29) is 27.4 Å². The van der Waals surface area contributed by atoms with Gasteiger partial charge >= 0.3 is 6.18 Å². The van der Waals surface area contributed by atoms with E-state index in [4.69, 9.17) is 0 Å². The molecule has 1 amide bonds. The van der Waals surface area contributed by atoms with E-state index in [0.717, 1.165) is 24.3 Å². The van der Waals surface area contributed by atoms with Gasteiger partial charge in [0.2, 0.25) is 0 Å². The first kappa shape index (κ1) is 23.0. The zero-order chi connectivity index (χ0) is 24.7. The Morgan fingerprint density at radius 3 is 2.35 bits per heavy atom. The molecule has 0 bridgehead atoms. The molecule has 34 heavy (non-hydrogen) atoms. The van der Waals surface area contributed by atoms with Crippen LogP contribution in [0.2, 0.25) is 0 Å². The van der Waals surface area contributed by atoms with Crippen molar-refractivity contribution in [2.45, 2.75) is 11.1 Å². The lowest BCUT2D eigenvalue weighted by Crippen LogP contribution is -2.13. The van der Waals surface area contributed by atoms with Gasteiger partial charge in [0.05, 0.1) is 15.4 Å². The fourth-order valence-electron chi connectivity index (χ4n) is 3.31. The molecule has 0 aromatic heterocycles. The summed E-state index contributed by atoms with van der Waals surface area (Å²) in [5.41, 5.74) is -0.110. The van der Waals surface area contributed by atoms with Crippen LogP contribution in [0.5, 0.6) is 0 Å².